The third kappa shape index (κ3) is 1.86. The molecule has 1 fully saturated rings. The molecular formula is C11H16N5+. The van der Waals surface area contributed by atoms with Crippen molar-refractivity contribution in [3.63, 3.8) is 0 Å². The molecule has 3 heterocycles. The molecule has 2 aromatic rings. The van der Waals surface area contributed by atoms with Crippen molar-refractivity contribution in [1.82, 2.24) is 15.3 Å². The lowest BCUT2D eigenvalue weighted by molar-refractivity contribution is -0.347. The summed E-state index contributed by atoms with van der Waals surface area (Å²) in [7, 11) is 0. The molecule has 5 nitrogen and oxygen atoms in total. The highest BCUT2D eigenvalue weighted by Crippen LogP contribution is 2.12. The van der Waals surface area contributed by atoms with E-state index in [0.717, 1.165) is 30.2 Å². The molecule has 16 heavy (non-hydrogen) atoms. The Morgan fingerprint density at radius 2 is 2.50 bits per heavy atom. The van der Waals surface area contributed by atoms with E-state index in [1.165, 1.54) is 12.8 Å². The third-order valence-electron chi connectivity index (χ3n) is 2.95. The molecule has 1 atom stereocenters. The topological polar surface area (TPSA) is 66.9 Å². The Labute approximate surface area is 93.7 Å². The van der Waals surface area contributed by atoms with Crippen molar-refractivity contribution in [2.45, 2.75) is 18.9 Å². The number of fused-ring (bicyclic) bond motifs is 1. The van der Waals surface area contributed by atoms with Gasteiger partial charge in [-0.15, -0.1) is 0 Å². The number of rotatable bonds is 2. The maximum atomic E-state index is 4.46. The SMILES string of the molecule is c1c[nH+]c2nc(N[C@@H]3CCCNC3)[nH]c2c1. The molecule has 84 valence electrons. The molecule has 0 spiro atoms. The van der Waals surface area contributed by atoms with Crippen molar-refractivity contribution >= 4 is 17.1 Å². The van der Waals surface area contributed by atoms with E-state index in [1.807, 2.05) is 18.3 Å². The minimum atomic E-state index is 0.481. The maximum absolute atomic E-state index is 4.46. The fraction of sp³-hybridized carbons (Fsp3) is 0.455. The van der Waals surface area contributed by atoms with Gasteiger partial charge in [-0.1, -0.05) is 0 Å². The first-order valence-electron chi connectivity index (χ1n) is 5.75. The zero-order chi connectivity index (χ0) is 10.8. The summed E-state index contributed by atoms with van der Waals surface area (Å²) in [6.45, 7) is 2.15. The largest absolute Gasteiger partial charge is 0.349 e. The number of hydrogen-bond acceptors (Lipinski definition) is 3. The molecule has 5 heteroatoms. The number of aromatic nitrogens is 3. The maximum Gasteiger partial charge on any atom is 0.349 e. The van der Waals surface area contributed by atoms with Gasteiger partial charge in [-0.05, 0) is 36.5 Å². The molecule has 0 bridgehead atoms. The Morgan fingerprint density at radius 3 is 3.31 bits per heavy atom. The minimum Gasteiger partial charge on any atom is -0.330 e. The Morgan fingerprint density at radius 1 is 1.50 bits per heavy atom. The molecule has 1 aliphatic heterocycles. The molecule has 0 aliphatic carbocycles. The molecule has 3 rings (SSSR count). The van der Waals surface area contributed by atoms with Gasteiger partial charge in [0.1, 0.15) is 5.52 Å². The molecule has 0 unspecified atom stereocenters. The number of nitrogens with zero attached hydrogens (tertiary/aromatic N) is 1. The van der Waals surface area contributed by atoms with E-state index in [2.05, 4.69) is 25.6 Å². The molecular weight excluding hydrogens is 202 g/mol. The number of anilines is 1. The summed E-state index contributed by atoms with van der Waals surface area (Å²) in [6.07, 6.45) is 4.31. The van der Waals surface area contributed by atoms with Gasteiger partial charge in [-0.25, -0.2) is 4.98 Å². The minimum absolute atomic E-state index is 0.481. The molecule has 0 saturated carbocycles. The van der Waals surface area contributed by atoms with Gasteiger partial charge in [-0.2, -0.15) is 0 Å². The molecule has 1 aliphatic rings. The van der Waals surface area contributed by atoms with E-state index in [4.69, 9.17) is 0 Å². The van der Waals surface area contributed by atoms with Crippen molar-refractivity contribution in [3.05, 3.63) is 18.3 Å². The highest BCUT2D eigenvalue weighted by molar-refractivity contribution is 5.69. The van der Waals surface area contributed by atoms with Crippen molar-refractivity contribution in [3.8, 4) is 0 Å². The summed E-state index contributed by atoms with van der Waals surface area (Å²) in [6, 6.07) is 4.46. The first-order valence-corrected chi connectivity index (χ1v) is 5.75. The highest BCUT2D eigenvalue weighted by atomic mass is 15.2. The first kappa shape index (κ1) is 9.59. The zero-order valence-electron chi connectivity index (χ0n) is 9.09. The fourth-order valence-corrected chi connectivity index (χ4v) is 2.13. The van der Waals surface area contributed by atoms with Crippen LogP contribution in [0.4, 0.5) is 5.95 Å². The van der Waals surface area contributed by atoms with Crippen LogP contribution in [0.3, 0.4) is 0 Å². The predicted octanol–water partition coefficient (Wildman–Crippen LogP) is 0.541. The quantitative estimate of drug-likeness (QED) is 0.689. The molecule has 2 aromatic heterocycles. The van der Waals surface area contributed by atoms with Gasteiger partial charge in [-0.3, -0.25) is 4.98 Å². The lowest BCUT2D eigenvalue weighted by Crippen LogP contribution is -2.38. The summed E-state index contributed by atoms with van der Waals surface area (Å²) >= 11 is 0. The smallest absolute Gasteiger partial charge is 0.330 e. The van der Waals surface area contributed by atoms with E-state index in [0.29, 0.717) is 6.04 Å². The van der Waals surface area contributed by atoms with E-state index >= 15 is 0 Å². The number of aromatic amines is 2. The van der Waals surface area contributed by atoms with Crippen LogP contribution >= 0.6 is 0 Å². The predicted molar refractivity (Wildman–Crippen MR) is 62.2 cm³/mol. The van der Waals surface area contributed by atoms with Crippen LogP contribution in [0.5, 0.6) is 0 Å². The Kier molecular flexibility index (Phi) is 2.46. The standard InChI is InChI=1S/C11H15N5/c1-3-8(7-12-5-1)14-11-15-9-4-2-6-13-10(9)16-11/h2,4,6,8,12H,1,3,5,7H2,(H2,13,14,15,16)/p+1/t8-/m1/s1. The number of nitrogens with one attached hydrogen (secondary N) is 4. The fourth-order valence-electron chi connectivity index (χ4n) is 2.13. The van der Waals surface area contributed by atoms with Gasteiger partial charge < -0.3 is 10.6 Å². The van der Waals surface area contributed by atoms with Crippen LogP contribution in [-0.4, -0.2) is 29.1 Å². The Balaban J connectivity index is 1.78. The molecule has 0 aromatic carbocycles. The summed E-state index contributed by atoms with van der Waals surface area (Å²) in [5.74, 6) is 0.853. The first-order chi connectivity index (χ1) is 7.92. The second-order valence-corrected chi connectivity index (χ2v) is 4.21. The lowest BCUT2D eigenvalue weighted by atomic mass is 10.1. The average molecular weight is 218 g/mol. The monoisotopic (exact) mass is 218 g/mol. The van der Waals surface area contributed by atoms with E-state index in [1.54, 1.807) is 0 Å². The zero-order valence-corrected chi connectivity index (χ0v) is 9.09. The second-order valence-electron chi connectivity index (χ2n) is 4.21. The van der Waals surface area contributed by atoms with Crippen molar-refractivity contribution < 1.29 is 4.98 Å². The van der Waals surface area contributed by atoms with Crippen LogP contribution in [-0.2, 0) is 0 Å². The summed E-state index contributed by atoms with van der Waals surface area (Å²) in [4.78, 5) is 10.8. The van der Waals surface area contributed by atoms with Crippen LogP contribution in [0.25, 0.3) is 11.2 Å². The van der Waals surface area contributed by atoms with Gasteiger partial charge in [0.25, 0.3) is 0 Å². The van der Waals surface area contributed by atoms with Gasteiger partial charge in [0.05, 0.1) is 6.20 Å². The van der Waals surface area contributed by atoms with Crippen molar-refractivity contribution in [1.29, 1.82) is 0 Å². The Bertz CT molecular complexity index is 439. The molecule has 0 amide bonds. The van der Waals surface area contributed by atoms with E-state index in [-0.39, 0.29) is 0 Å². The Hall–Kier alpha value is -1.62. The molecule has 4 N–H and O–H groups in total. The average Bonchev–Trinajstić information content (AvgIpc) is 2.72. The second kappa shape index (κ2) is 4.09. The number of piperidine rings is 1. The van der Waals surface area contributed by atoms with Crippen LogP contribution in [0.2, 0.25) is 0 Å². The van der Waals surface area contributed by atoms with Gasteiger partial charge >= 0.3 is 11.6 Å². The van der Waals surface area contributed by atoms with Crippen LogP contribution in [0.1, 0.15) is 12.8 Å². The van der Waals surface area contributed by atoms with Crippen LogP contribution in [0, 0.1) is 0 Å². The van der Waals surface area contributed by atoms with Crippen LogP contribution < -0.4 is 15.6 Å². The number of imidazole rings is 1. The highest BCUT2D eigenvalue weighted by Gasteiger charge is 2.17. The molecule has 1 saturated heterocycles. The normalized spacial score (nSPS) is 21.1. The van der Waals surface area contributed by atoms with E-state index < -0.39 is 0 Å². The van der Waals surface area contributed by atoms with Crippen LogP contribution in [0.15, 0.2) is 18.3 Å². The summed E-state index contributed by atoms with van der Waals surface area (Å²) in [5.41, 5.74) is 1.93. The number of hydrogen-bond donors (Lipinski definition) is 3. The van der Waals surface area contributed by atoms with Gasteiger partial charge in [0, 0.05) is 12.6 Å². The summed E-state index contributed by atoms with van der Waals surface area (Å²) in [5, 5.41) is 6.80. The third-order valence-corrected chi connectivity index (χ3v) is 2.95. The summed E-state index contributed by atoms with van der Waals surface area (Å²) < 4.78 is 0. The van der Waals surface area contributed by atoms with E-state index in [9.17, 15) is 0 Å². The number of H-pyrrole nitrogens is 2. The number of pyridine rings is 1. The van der Waals surface area contributed by atoms with Gasteiger partial charge in [0.15, 0.2) is 0 Å². The van der Waals surface area contributed by atoms with Crippen molar-refractivity contribution in [2.75, 3.05) is 18.4 Å². The lowest BCUT2D eigenvalue weighted by Gasteiger charge is -2.22. The van der Waals surface area contributed by atoms with Gasteiger partial charge in [0.2, 0.25) is 0 Å². The molecule has 0 radical (unpaired) electrons. The van der Waals surface area contributed by atoms with Crippen molar-refractivity contribution in [2.24, 2.45) is 0 Å².